The topological polar surface area (TPSA) is 97.1 Å². The number of nitrogens with zero attached hydrogens (tertiary/aromatic N) is 2. The van der Waals surface area contributed by atoms with Crippen molar-refractivity contribution in [1.29, 1.82) is 0 Å². The summed E-state index contributed by atoms with van der Waals surface area (Å²) in [6, 6.07) is 15.3. The monoisotopic (exact) mass is 406 g/mol. The van der Waals surface area contributed by atoms with Crippen LogP contribution in [0.25, 0.3) is 11.4 Å². The lowest BCUT2D eigenvalue weighted by Crippen LogP contribution is -2.23. The highest BCUT2D eigenvalue weighted by molar-refractivity contribution is 5.92. The van der Waals surface area contributed by atoms with E-state index in [0.29, 0.717) is 24.7 Å². The summed E-state index contributed by atoms with van der Waals surface area (Å²) in [6.45, 7) is 6.07. The molecule has 0 saturated carbocycles. The first kappa shape index (κ1) is 21.2. The largest absolute Gasteiger partial charge is 0.352 e. The number of nitrogens with one attached hydrogen (secondary N) is 2. The van der Waals surface area contributed by atoms with Gasteiger partial charge < -0.3 is 15.2 Å². The molecule has 2 aromatic carbocycles. The van der Waals surface area contributed by atoms with Crippen LogP contribution in [-0.4, -0.2) is 22.0 Å². The molecule has 7 nitrogen and oxygen atoms in total. The summed E-state index contributed by atoms with van der Waals surface area (Å²) >= 11 is 0. The minimum absolute atomic E-state index is 0.0410. The fourth-order valence-electron chi connectivity index (χ4n) is 2.73. The van der Waals surface area contributed by atoms with E-state index in [9.17, 15) is 9.59 Å². The molecule has 0 bridgehead atoms. The van der Waals surface area contributed by atoms with Crippen molar-refractivity contribution >= 4 is 17.5 Å². The fourth-order valence-corrected chi connectivity index (χ4v) is 2.73. The van der Waals surface area contributed by atoms with Gasteiger partial charge in [-0.3, -0.25) is 9.59 Å². The number of aryl methyl sites for hydroxylation is 2. The van der Waals surface area contributed by atoms with Crippen molar-refractivity contribution in [2.45, 2.75) is 40.2 Å². The molecule has 1 aromatic heterocycles. The molecule has 3 aromatic rings. The van der Waals surface area contributed by atoms with Gasteiger partial charge in [0.15, 0.2) is 0 Å². The number of hydrogen-bond donors (Lipinski definition) is 2. The van der Waals surface area contributed by atoms with Gasteiger partial charge >= 0.3 is 0 Å². The number of amides is 2. The molecule has 30 heavy (non-hydrogen) atoms. The Balaban J connectivity index is 1.47. The van der Waals surface area contributed by atoms with Gasteiger partial charge in [0.25, 0.3) is 0 Å². The molecule has 156 valence electrons. The smallest absolute Gasteiger partial charge is 0.227 e. The molecule has 0 aliphatic rings. The number of carbonyl (C=O) groups is 2. The van der Waals surface area contributed by atoms with E-state index in [4.69, 9.17) is 4.52 Å². The Labute approximate surface area is 175 Å². The van der Waals surface area contributed by atoms with Gasteiger partial charge in [0.1, 0.15) is 0 Å². The van der Waals surface area contributed by atoms with Gasteiger partial charge in [-0.05, 0) is 24.6 Å². The summed E-state index contributed by atoms with van der Waals surface area (Å²) < 4.78 is 5.25. The maximum absolute atomic E-state index is 12.2. The molecule has 3 rings (SSSR count). The maximum atomic E-state index is 12.2. The Bertz CT molecular complexity index is 1010. The Kier molecular flexibility index (Phi) is 6.95. The van der Waals surface area contributed by atoms with Gasteiger partial charge in [-0.25, -0.2) is 0 Å². The predicted molar refractivity (Wildman–Crippen MR) is 115 cm³/mol. The molecule has 0 fully saturated rings. The summed E-state index contributed by atoms with van der Waals surface area (Å²) in [5.41, 5.74) is 3.66. The molecular weight excluding hydrogens is 380 g/mol. The van der Waals surface area contributed by atoms with Crippen molar-refractivity contribution in [3.05, 3.63) is 65.5 Å². The van der Waals surface area contributed by atoms with E-state index in [-0.39, 0.29) is 24.2 Å². The third-order valence-electron chi connectivity index (χ3n) is 4.55. The summed E-state index contributed by atoms with van der Waals surface area (Å²) in [7, 11) is 0. The van der Waals surface area contributed by atoms with Crippen LogP contribution in [0.3, 0.4) is 0 Å². The SMILES string of the molecule is Cc1ccc(-c2noc(CCC(=O)NCc3cccc(NC(=O)C(C)C)c3)n2)cc1. The van der Waals surface area contributed by atoms with Crippen molar-refractivity contribution in [3.63, 3.8) is 0 Å². The van der Waals surface area contributed by atoms with Crippen LogP contribution in [0, 0.1) is 12.8 Å². The van der Waals surface area contributed by atoms with E-state index in [2.05, 4.69) is 20.8 Å². The summed E-state index contributed by atoms with van der Waals surface area (Å²) in [5, 5.41) is 9.71. The molecular formula is C23H26N4O3. The number of hydrogen-bond acceptors (Lipinski definition) is 5. The number of anilines is 1. The highest BCUT2D eigenvalue weighted by Crippen LogP contribution is 2.17. The van der Waals surface area contributed by atoms with Gasteiger partial charge in [0.2, 0.25) is 23.5 Å². The second-order valence-electron chi connectivity index (χ2n) is 7.50. The van der Waals surface area contributed by atoms with Gasteiger partial charge in [0.05, 0.1) is 0 Å². The van der Waals surface area contributed by atoms with E-state index >= 15 is 0 Å². The van der Waals surface area contributed by atoms with Gasteiger partial charge in [-0.1, -0.05) is 61.0 Å². The summed E-state index contributed by atoms with van der Waals surface area (Å²) in [4.78, 5) is 28.4. The second kappa shape index (κ2) is 9.82. The highest BCUT2D eigenvalue weighted by atomic mass is 16.5. The van der Waals surface area contributed by atoms with Crippen molar-refractivity contribution in [3.8, 4) is 11.4 Å². The Morgan fingerprint density at radius 3 is 2.60 bits per heavy atom. The van der Waals surface area contributed by atoms with Crippen molar-refractivity contribution in [2.75, 3.05) is 5.32 Å². The number of benzene rings is 2. The van der Waals surface area contributed by atoms with Crippen LogP contribution in [0.15, 0.2) is 53.1 Å². The molecule has 0 spiro atoms. The van der Waals surface area contributed by atoms with E-state index in [0.717, 1.165) is 22.4 Å². The minimum Gasteiger partial charge on any atom is -0.352 e. The average molecular weight is 406 g/mol. The lowest BCUT2D eigenvalue weighted by Gasteiger charge is -2.10. The first-order valence-electron chi connectivity index (χ1n) is 9.97. The number of aromatic nitrogens is 2. The standard InChI is InChI=1S/C23H26N4O3/c1-15(2)23(29)25-19-6-4-5-17(13-19)14-24-20(28)11-12-21-26-22(27-30-21)18-9-7-16(3)8-10-18/h4-10,13,15H,11-12,14H2,1-3H3,(H,24,28)(H,25,29). The Morgan fingerprint density at radius 2 is 1.87 bits per heavy atom. The molecule has 2 amide bonds. The molecule has 2 N–H and O–H groups in total. The van der Waals surface area contributed by atoms with Gasteiger partial charge in [-0.15, -0.1) is 0 Å². The summed E-state index contributed by atoms with van der Waals surface area (Å²) in [5.74, 6) is 0.705. The highest BCUT2D eigenvalue weighted by Gasteiger charge is 2.11. The van der Waals surface area contributed by atoms with Crippen LogP contribution in [0.1, 0.15) is 37.3 Å². The third kappa shape index (κ3) is 6.01. The van der Waals surface area contributed by atoms with Gasteiger partial charge in [0, 0.05) is 36.6 Å². The van der Waals surface area contributed by atoms with E-state index in [1.54, 1.807) is 0 Å². The van der Waals surface area contributed by atoms with Crippen LogP contribution in [-0.2, 0) is 22.6 Å². The minimum atomic E-state index is -0.110. The Hall–Kier alpha value is -3.48. The first-order chi connectivity index (χ1) is 14.4. The molecule has 0 aliphatic carbocycles. The van der Waals surface area contributed by atoms with Crippen LogP contribution in [0.5, 0.6) is 0 Å². The molecule has 0 unspecified atom stereocenters. The normalized spacial score (nSPS) is 10.8. The third-order valence-corrected chi connectivity index (χ3v) is 4.55. The quantitative estimate of drug-likeness (QED) is 0.592. The molecule has 7 heteroatoms. The fraction of sp³-hybridized carbons (Fsp3) is 0.304. The zero-order valence-electron chi connectivity index (χ0n) is 17.4. The zero-order valence-corrected chi connectivity index (χ0v) is 17.4. The molecule has 0 aliphatic heterocycles. The molecule has 1 heterocycles. The average Bonchev–Trinajstić information content (AvgIpc) is 3.20. The predicted octanol–water partition coefficient (Wildman–Crippen LogP) is 3.89. The Morgan fingerprint density at radius 1 is 1.10 bits per heavy atom. The van der Waals surface area contributed by atoms with Crippen molar-refractivity contribution in [2.24, 2.45) is 5.92 Å². The van der Waals surface area contributed by atoms with Crippen LogP contribution in [0.2, 0.25) is 0 Å². The van der Waals surface area contributed by atoms with E-state index < -0.39 is 0 Å². The van der Waals surface area contributed by atoms with Crippen LogP contribution in [0.4, 0.5) is 5.69 Å². The van der Waals surface area contributed by atoms with Crippen LogP contribution < -0.4 is 10.6 Å². The molecule has 0 saturated heterocycles. The molecule has 0 radical (unpaired) electrons. The van der Waals surface area contributed by atoms with Crippen molar-refractivity contribution in [1.82, 2.24) is 15.5 Å². The lowest BCUT2D eigenvalue weighted by molar-refractivity contribution is -0.121. The van der Waals surface area contributed by atoms with Gasteiger partial charge in [-0.2, -0.15) is 4.98 Å². The second-order valence-corrected chi connectivity index (χ2v) is 7.50. The van der Waals surface area contributed by atoms with Crippen molar-refractivity contribution < 1.29 is 14.1 Å². The number of carbonyl (C=O) groups excluding carboxylic acids is 2. The summed E-state index contributed by atoms with van der Waals surface area (Å²) in [6.07, 6.45) is 0.620. The first-order valence-corrected chi connectivity index (χ1v) is 9.97. The van der Waals surface area contributed by atoms with E-state index in [1.165, 1.54) is 0 Å². The lowest BCUT2D eigenvalue weighted by atomic mass is 10.1. The van der Waals surface area contributed by atoms with Crippen LogP contribution >= 0.6 is 0 Å². The number of rotatable bonds is 8. The zero-order chi connectivity index (χ0) is 21.5. The maximum Gasteiger partial charge on any atom is 0.227 e. The molecule has 0 atom stereocenters. The van der Waals surface area contributed by atoms with E-state index in [1.807, 2.05) is 69.3 Å².